The van der Waals surface area contributed by atoms with Gasteiger partial charge in [0.1, 0.15) is 5.78 Å². The second kappa shape index (κ2) is 4.29. The van der Waals surface area contributed by atoms with Crippen molar-refractivity contribution in [3.8, 4) is 11.5 Å². The first-order valence-corrected chi connectivity index (χ1v) is 4.51. The summed E-state index contributed by atoms with van der Waals surface area (Å²) in [5, 5.41) is 9.34. The fourth-order valence-corrected chi connectivity index (χ4v) is 1.44. The summed E-state index contributed by atoms with van der Waals surface area (Å²) < 4.78 is 18.3. The van der Waals surface area contributed by atoms with Crippen LogP contribution in [0.1, 0.15) is 18.1 Å². The number of ether oxygens (including phenoxy) is 1. The van der Waals surface area contributed by atoms with Crippen LogP contribution in [0.5, 0.6) is 11.5 Å². The Kier molecular flexibility index (Phi) is 3.29. The molecule has 0 radical (unpaired) electrons. The molecule has 0 amide bonds. The number of phenolic OH excluding ortho intramolecular Hbond substituents is 1. The summed E-state index contributed by atoms with van der Waals surface area (Å²) in [5.74, 6) is -1.39. The fourth-order valence-electron chi connectivity index (χ4n) is 1.44. The van der Waals surface area contributed by atoms with Crippen LogP contribution in [-0.4, -0.2) is 18.0 Å². The Bertz CT molecular complexity index is 399. The third kappa shape index (κ3) is 2.26. The van der Waals surface area contributed by atoms with Gasteiger partial charge in [0.2, 0.25) is 5.82 Å². The van der Waals surface area contributed by atoms with E-state index in [2.05, 4.69) is 0 Å². The first-order valence-electron chi connectivity index (χ1n) is 4.51. The maximum atomic E-state index is 13.5. The first kappa shape index (κ1) is 11.5. The van der Waals surface area contributed by atoms with Crippen LogP contribution in [0, 0.1) is 12.7 Å². The molecule has 82 valence electrons. The standard InChI is InChI=1S/C11H13FO3/c1-6-4-8(5-7(2)13)11(15-3)9(12)10(6)14/h4,14H,5H2,1-3H3. The molecule has 1 aromatic rings. The van der Waals surface area contributed by atoms with Crippen LogP contribution >= 0.6 is 0 Å². The number of aromatic hydroxyl groups is 1. The quantitative estimate of drug-likeness (QED) is 0.833. The van der Waals surface area contributed by atoms with Crippen molar-refractivity contribution in [2.75, 3.05) is 7.11 Å². The fraction of sp³-hybridized carbons (Fsp3) is 0.364. The largest absolute Gasteiger partial charge is 0.505 e. The zero-order valence-corrected chi connectivity index (χ0v) is 8.93. The van der Waals surface area contributed by atoms with Gasteiger partial charge in [-0.1, -0.05) is 0 Å². The number of benzene rings is 1. The SMILES string of the molecule is COc1c(CC(C)=O)cc(C)c(O)c1F. The van der Waals surface area contributed by atoms with E-state index in [0.717, 1.165) is 0 Å². The molecule has 0 heterocycles. The monoisotopic (exact) mass is 212 g/mol. The molecule has 0 saturated carbocycles. The highest BCUT2D eigenvalue weighted by atomic mass is 19.1. The lowest BCUT2D eigenvalue weighted by Crippen LogP contribution is -2.02. The Balaban J connectivity index is 3.31. The molecule has 1 aromatic carbocycles. The third-order valence-electron chi connectivity index (χ3n) is 2.11. The van der Waals surface area contributed by atoms with Gasteiger partial charge in [-0.3, -0.25) is 4.79 Å². The molecular formula is C11H13FO3. The van der Waals surface area contributed by atoms with E-state index in [4.69, 9.17) is 4.74 Å². The molecule has 1 N–H and O–H groups in total. The highest BCUT2D eigenvalue weighted by Crippen LogP contribution is 2.33. The van der Waals surface area contributed by atoms with E-state index in [9.17, 15) is 14.3 Å². The second-order valence-corrected chi connectivity index (χ2v) is 3.43. The van der Waals surface area contributed by atoms with Crippen LogP contribution in [0.25, 0.3) is 0 Å². The van der Waals surface area contributed by atoms with Crippen LogP contribution in [0.2, 0.25) is 0 Å². The number of carbonyl (C=O) groups excluding carboxylic acids is 1. The van der Waals surface area contributed by atoms with Crippen LogP contribution in [0.4, 0.5) is 4.39 Å². The average Bonchev–Trinajstić information content (AvgIpc) is 2.14. The van der Waals surface area contributed by atoms with Gasteiger partial charge in [0.15, 0.2) is 11.5 Å². The summed E-state index contributed by atoms with van der Waals surface area (Å²) in [4.78, 5) is 10.9. The van der Waals surface area contributed by atoms with Gasteiger partial charge >= 0.3 is 0 Å². The molecule has 0 spiro atoms. The molecule has 0 saturated heterocycles. The summed E-state index contributed by atoms with van der Waals surface area (Å²) in [7, 11) is 1.30. The minimum Gasteiger partial charge on any atom is -0.505 e. The molecule has 3 nitrogen and oxygen atoms in total. The van der Waals surface area contributed by atoms with Crippen molar-refractivity contribution in [2.24, 2.45) is 0 Å². The van der Waals surface area contributed by atoms with Gasteiger partial charge in [-0.2, -0.15) is 4.39 Å². The normalized spacial score (nSPS) is 10.1. The molecule has 15 heavy (non-hydrogen) atoms. The zero-order valence-electron chi connectivity index (χ0n) is 8.93. The summed E-state index contributed by atoms with van der Waals surface area (Å²) in [6.07, 6.45) is 0.0984. The Morgan fingerprint density at radius 2 is 2.20 bits per heavy atom. The van der Waals surface area contributed by atoms with Crippen LogP contribution in [0.15, 0.2) is 6.07 Å². The number of carbonyl (C=O) groups is 1. The topological polar surface area (TPSA) is 46.5 Å². The Labute approximate surface area is 87.5 Å². The molecule has 0 unspecified atom stereocenters. The lowest BCUT2D eigenvalue weighted by atomic mass is 10.0. The number of methoxy groups -OCH3 is 1. The third-order valence-corrected chi connectivity index (χ3v) is 2.11. The summed E-state index contributed by atoms with van der Waals surface area (Å²) >= 11 is 0. The van der Waals surface area contributed by atoms with Gasteiger partial charge in [-0.15, -0.1) is 0 Å². The minimum atomic E-state index is -0.811. The van der Waals surface area contributed by atoms with Gasteiger partial charge < -0.3 is 9.84 Å². The highest BCUT2D eigenvalue weighted by Gasteiger charge is 2.17. The highest BCUT2D eigenvalue weighted by molar-refractivity contribution is 5.79. The molecule has 0 aliphatic rings. The van der Waals surface area contributed by atoms with Gasteiger partial charge in [0, 0.05) is 12.0 Å². The van der Waals surface area contributed by atoms with Crippen molar-refractivity contribution in [3.05, 3.63) is 23.0 Å². The van der Waals surface area contributed by atoms with E-state index < -0.39 is 11.6 Å². The number of phenols is 1. The number of halogens is 1. The number of rotatable bonds is 3. The molecular weight excluding hydrogens is 199 g/mol. The minimum absolute atomic E-state index is 0.0618. The molecule has 0 aromatic heterocycles. The second-order valence-electron chi connectivity index (χ2n) is 3.43. The molecule has 0 fully saturated rings. The maximum Gasteiger partial charge on any atom is 0.207 e. The predicted octanol–water partition coefficient (Wildman–Crippen LogP) is 1.98. The summed E-state index contributed by atoms with van der Waals surface area (Å²) in [5.41, 5.74) is 0.849. The van der Waals surface area contributed by atoms with Crippen molar-refractivity contribution in [3.63, 3.8) is 0 Å². The van der Waals surface area contributed by atoms with Crippen molar-refractivity contribution < 1.29 is 19.0 Å². The molecule has 0 aliphatic heterocycles. The van der Waals surface area contributed by atoms with Gasteiger partial charge in [0.25, 0.3) is 0 Å². The van der Waals surface area contributed by atoms with Gasteiger partial charge in [0.05, 0.1) is 7.11 Å². The lowest BCUT2D eigenvalue weighted by Gasteiger charge is -2.11. The van der Waals surface area contributed by atoms with E-state index in [-0.39, 0.29) is 18.0 Å². The zero-order chi connectivity index (χ0) is 11.6. The average molecular weight is 212 g/mol. The number of Topliss-reactive ketones (excluding diaryl/α,β-unsaturated/α-hetero) is 1. The van der Waals surface area contributed by atoms with Crippen LogP contribution in [-0.2, 0) is 11.2 Å². The Morgan fingerprint density at radius 3 is 2.67 bits per heavy atom. The van der Waals surface area contributed by atoms with E-state index in [0.29, 0.717) is 11.1 Å². The molecule has 0 atom stereocenters. The first-order chi connectivity index (χ1) is 6.97. The van der Waals surface area contributed by atoms with Crippen molar-refractivity contribution >= 4 is 5.78 Å². The Morgan fingerprint density at radius 1 is 1.60 bits per heavy atom. The molecule has 0 bridgehead atoms. The van der Waals surface area contributed by atoms with E-state index >= 15 is 0 Å². The number of hydrogen-bond acceptors (Lipinski definition) is 3. The summed E-state index contributed by atoms with van der Waals surface area (Å²) in [6.45, 7) is 2.99. The smallest absolute Gasteiger partial charge is 0.207 e. The number of aryl methyl sites for hydroxylation is 1. The molecule has 4 heteroatoms. The predicted molar refractivity (Wildman–Crippen MR) is 53.7 cm³/mol. The number of hydrogen-bond donors (Lipinski definition) is 1. The number of ketones is 1. The maximum absolute atomic E-state index is 13.5. The van der Waals surface area contributed by atoms with Crippen LogP contribution < -0.4 is 4.74 Å². The lowest BCUT2D eigenvalue weighted by molar-refractivity contribution is -0.116. The van der Waals surface area contributed by atoms with Gasteiger partial charge in [-0.25, -0.2) is 0 Å². The van der Waals surface area contributed by atoms with Gasteiger partial charge in [-0.05, 0) is 25.5 Å². The molecule has 1 rings (SSSR count). The van der Waals surface area contributed by atoms with E-state index in [1.54, 1.807) is 13.0 Å². The Hall–Kier alpha value is -1.58. The summed E-state index contributed by atoms with van der Waals surface area (Å²) in [6, 6.07) is 1.55. The van der Waals surface area contributed by atoms with Crippen LogP contribution in [0.3, 0.4) is 0 Å². The van der Waals surface area contributed by atoms with Crippen molar-refractivity contribution in [1.29, 1.82) is 0 Å². The van der Waals surface area contributed by atoms with Crippen molar-refractivity contribution in [1.82, 2.24) is 0 Å². The van der Waals surface area contributed by atoms with E-state index in [1.807, 2.05) is 0 Å². The molecule has 0 aliphatic carbocycles. The van der Waals surface area contributed by atoms with Crippen molar-refractivity contribution in [2.45, 2.75) is 20.3 Å². The van der Waals surface area contributed by atoms with E-state index in [1.165, 1.54) is 14.0 Å².